The first kappa shape index (κ1) is 21.9. The Morgan fingerprint density at radius 3 is 2.58 bits per heavy atom. The summed E-state index contributed by atoms with van der Waals surface area (Å²) in [5, 5.41) is 17.1. The van der Waals surface area contributed by atoms with Gasteiger partial charge in [-0.05, 0) is 17.7 Å². The predicted molar refractivity (Wildman–Crippen MR) is 113 cm³/mol. The second kappa shape index (κ2) is 11.4. The minimum Gasteiger partial charge on any atom is -0.355 e. The molecule has 1 heterocycles. The van der Waals surface area contributed by atoms with Crippen LogP contribution in [0.5, 0.6) is 0 Å². The van der Waals surface area contributed by atoms with Crippen molar-refractivity contribution in [3.63, 3.8) is 0 Å². The molecule has 1 aromatic carbocycles. The number of carbonyl (C=O) groups excluding carboxylic acids is 1. The number of aliphatic imine (C=N–C) groups is 1. The van der Waals surface area contributed by atoms with E-state index < -0.39 is 0 Å². The Balaban J connectivity index is 0.00000338. The number of hydrogen-bond donors (Lipinski definition) is 3. The molecule has 3 N–H and O–H groups in total. The van der Waals surface area contributed by atoms with Gasteiger partial charge in [0.25, 0.3) is 5.91 Å². The smallest absolute Gasteiger partial charge is 0.251 e. The van der Waals surface area contributed by atoms with Crippen molar-refractivity contribution in [1.82, 2.24) is 30.7 Å². The van der Waals surface area contributed by atoms with Gasteiger partial charge in [0.05, 0.1) is 0 Å². The minimum absolute atomic E-state index is 0. The third-order valence-electron chi connectivity index (χ3n) is 3.78. The van der Waals surface area contributed by atoms with Crippen LogP contribution in [0.2, 0.25) is 0 Å². The number of carbonyl (C=O) groups is 1. The van der Waals surface area contributed by atoms with Crippen LogP contribution in [0.4, 0.5) is 0 Å². The number of guanidine groups is 1. The molecule has 142 valence electrons. The normalized spacial score (nSPS) is 10.8. The van der Waals surface area contributed by atoms with Crippen molar-refractivity contribution in [2.24, 2.45) is 4.99 Å². The third-order valence-corrected chi connectivity index (χ3v) is 3.78. The maximum atomic E-state index is 11.5. The standard InChI is InChI=1S/C17H25N7O.HI/c1-4-15-23-22-12-24(15)10-9-20-17(19-3)21-11-13-5-7-14(8-6-13)16(25)18-2;/h5-8,12H,4,9-11H2,1-3H3,(H,18,25)(H2,19,20,21);1H. The summed E-state index contributed by atoms with van der Waals surface area (Å²) >= 11 is 0. The molecular weight excluding hydrogens is 445 g/mol. The van der Waals surface area contributed by atoms with Crippen LogP contribution in [0.3, 0.4) is 0 Å². The molecule has 0 radical (unpaired) electrons. The molecule has 0 aliphatic carbocycles. The fraction of sp³-hybridized carbons (Fsp3) is 0.412. The number of halogens is 1. The minimum atomic E-state index is -0.0857. The Kier molecular flexibility index (Phi) is 9.63. The summed E-state index contributed by atoms with van der Waals surface area (Å²) in [4.78, 5) is 15.7. The molecule has 0 bridgehead atoms. The van der Waals surface area contributed by atoms with Gasteiger partial charge in [-0.25, -0.2) is 0 Å². The van der Waals surface area contributed by atoms with Gasteiger partial charge < -0.3 is 20.5 Å². The summed E-state index contributed by atoms with van der Waals surface area (Å²) in [6.45, 7) is 4.18. The average molecular weight is 471 g/mol. The monoisotopic (exact) mass is 471 g/mol. The lowest BCUT2D eigenvalue weighted by atomic mass is 10.1. The summed E-state index contributed by atoms with van der Waals surface area (Å²) in [5.74, 6) is 1.61. The van der Waals surface area contributed by atoms with Gasteiger partial charge in [0, 0.05) is 45.7 Å². The maximum Gasteiger partial charge on any atom is 0.251 e. The molecule has 9 heteroatoms. The van der Waals surface area contributed by atoms with Crippen LogP contribution < -0.4 is 16.0 Å². The van der Waals surface area contributed by atoms with Crippen LogP contribution in [0.25, 0.3) is 0 Å². The lowest BCUT2D eigenvalue weighted by Gasteiger charge is -2.13. The van der Waals surface area contributed by atoms with E-state index in [0.717, 1.165) is 36.9 Å². The molecule has 1 aromatic heterocycles. The van der Waals surface area contributed by atoms with Crippen molar-refractivity contribution < 1.29 is 4.79 Å². The summed E-state index contributed by atoms with van der Waals surface area (Å²) < 4.78 is 2.03. The molecule has 0 saturated heterocycles. The highest BCUT2D eigenvalue weighted by atomic mass is 127. The number of aromatic nitrogens is 3. The SMILES string of the molecule is CCc1nncn1CCNC(=NC)NCc1ccc(C(=O)NC)cc1.I. The Bertz CT molecular complexity index is 712. The van der Waals surface area contributed by atoms with Crippen molar-refractivity contribution in [1.29, 1.82) is 0 Å². The van der Waals surface area contributed by atoms with Gasteiger partial charge in [0.1, 0.15) is 12.2 Å². The molecule has 1 amide bonds. The third kappa shape index (κ3) is 6.28. The molecule has 0 atom stereocenters. The highest BCUT2D eigenvalue weighted by Crippen LogP contribution is 2.04. The highest BCUT2D eigenvalue weighted by Gasteiger charge is 2.04. The van der Waals surface area contributed by atoms with Gasteiger partial charge in [-0.3, -0.25) is 9.79 Å². The summed E-state index contributed by atoms with van der Waals surface area (Å²) in [7, 11) is 3.36. The van der Waals surface area contributed by atoms with Gasteiger partial charge in [0.15, 0.2) is 5.96 Å². The first-order chi connectivity index (χ1) is 12.2. The molecule has 0 fully saturated rings. The Morgan fingerprint density at radius 1 is 1.23 bits per heavy atom. The molecule has 0 aliphatic heterocycles. The number of rotatable bonds is 7. The molecular formula is C17H26IN7O. The van der Waals surface area contributed by atoms with Crippen LogP contribution in [-0.2, 0) is 19.5 Å². The topological polar surface area (TPSA) is 96.2 Å². The van der Waals surface area contributed by atoms with Gasteiger partial charge in [-0.2, -0.15) is 0 Å². The summed E-state index contributed by atoms with van der Waals surface area (Å²) in [6.07, 6.45) is 2.60. The quantitative estimate of drug-likeness (QED) is 0.320. The van der Waals surface area contributed by atoms with E-state index in [1.807, 2.05) is 28.8 Å². The molecule has 26 heavy (non-hydrogen) atoms. The zero-order valence-corrected chi connectivity index (χ0v) is 17.7. The van der Waals surface area contributed by atoms with Gasteiger partial charge >= 0.3 is 0 Å². The van der Waals surface area contributed by atoms with Crippen LogP contribution in [0.1, 0.15) is 28.7 Å². The van der Waals surface area contributed by atoms with Crippen molar-refractivity contribution in [3.05, 3.63) is 47.5 Å². The van der Waals surface area contributed by atoms with Crippen molar-refractivity contribution >= 4 is 35.8 Å². The van der Waals surface area contributed by atoms with E-state index in [2.05, 4.69) is 38.1 Å². The Hall–Kier alpha value is -2.17. The van der Waals surface area contributed by atoms with E-state index in [0.29, 0.717) is 12.1 Å². The van der Waals surface area contributed by atoms with Crippen LogP contribution >= 0.6 is 24.0 Å². The lowest BCUT2D eigenvalue weighted by Crippen LogP contribution is -2.38. The van der Waals surface area contributed by atoms with Crippen LogP contribution in [0, 0.1) is 0 Å². The van der Waals surface area contributed by atoms with E-state index >= 15 is 0 Å². The lowest BCUT2D eigenvalue weighted by molar-refractivity contribution is 0.0963. The molecule has 0 spiro atoms. The second-order valence-electron chi connectivity index (χ2n) is 5.42. The molecule has 2 aromatic rings. The van der Waals surface area contributed by atoms with Gasteiger partial charge in [0.2, 0.25) is 0 Å². The first-order valence-electron chi connectivity index (χ1n) is 8.30. The fourth-order valence-corrected chi connectivity index (χ4v) is 2.36. The first-order valence-corrected chi connectivity index (χ1v) is 8.30. The van der Waals surface area contributed by atoms with Gasteiger partial charge in [-0.15, -0.1) is 34.2 Å². The van der Waals surface area contributed by atoms with Crippen LogP contribution in [-0.4, -0.2) is 47.3 Å². The average Bonchev–Trinajstić information content (AvgIpc) is 3.11. The highest BCUT2D eigenvalue weighted by molar-refractivity contribution is 14.0. The number of nitrogens with zero attached hydrogens (tertiary/aromatic N) is 4. The zero-order chi connectivity index (χ0) is 18.1. The van der Waals surface area contributed by atoms with Crippen molar-refractivity contribution in [3.8, 4) is 0 Å². The van der Waals surface area contributed by atoms with Crippen molar-refractivity contribution in [2.75, 3.05) is 20.6 Å². The number of nitrogens with one attached hydrogen (secondary N) is 3. The maximum absolute atomic E-state index is 11.5. The molecule has 0 saturated carbocycles. The zero-order valence-electron chi connectivity index (χ0n) is 15.3. The van der Waals surface area contributed by atoms with Crippen LogP contribution in [0.15, 0.2) is 35.6 Å². The Labute approximate surface area is 170 Å². The van der Waals surface area contributed by atoms with E-state index in [-0.39, 0.29) is 29.9 Å². The molecule has 0 unspecified atom stereocenters. The second-order valence-corrected chi connectivity index (χ2v) is 5.42. The van der Waals surface area contributed by atoms with Gasteiger partial charge in [-0.1, -0.05) is 19.1 Å². The van der Waals surface area contributed by atoms with E-state index in [1.54, 1.807) is 20.4 Å². The Morgan fingerprint density at radius 2 is 1.96 bits per heavy atom. The van der Waals surface area contributed by atoms with E-state index in [4.69, 9.17) is 0 Å². The number of amides is 1. The predicted octanol–water partition coefficient (Wildman–Crippen LogP) is 1.18. The number of benzene rings is 1. The summed E-state index contributed by atoms with van der Waals surface area (Å²) in [5.41, 5.74) is 1.72. The van der Waals surface area contributed by atoms with Crippen molar-refractivity contribution in [2.45, 2.75) is 26.4 Å². The molecule has 0 aliphatic rings. The number of aryl methyl sites for hydroxylation is 1. The van der Waals surface area contributed by atoms with E-state index in [1.165, 1.54) is 0 Å². The summed E-state index contributed by atoms with van der Waals surface area (Å²) in [6, 6.07) is 7.47. The van der Waals surface area contributed by atoms with E-state index in [9.17, 15) is 4.79 Å². The fourth-order valence-electron chi connectivity index (χ4n) is 2.36. The number of hydrogen-bond acceptors (Lipinski definition) is 4. The molecule has 2 rings (SSSR count). The molecule has 8 nitrogen and oxygen atoms in total. The largest absolute Gasteiger partial charge is 0.355 e.